The highest BCUT2D eigenvalue weighted by atomic mass is 16.6. The van der Waals surface area contributed by atoms with Crippen LogP contribution < -0.4 is 15.0 Å². The number of esters is 1. The number of nitro groups is 1. The summed E-state index contributed by atoms with van der Waals surface area (Å²) < 4.78 is 9.89. The van der Waals surface area contributed by atoms with Gasteiger partial charge in [-0.05, 0) is 24.3 Å². The van der Waals surface area contributed by atoms with Crippen LogP contribution in [0.2, 0.25) is 0 Å². The monoisotopic (exact) mass is 401 g/mol. The van der Waals surface area contributed by atoms with Crippen molar-refractivity contribution in [2.45, 2.75) is 0 Å². The van der Waals surface area contributed by atoms with E-state index < -0.39 is 29.3 Å². The van der Waals surface area contributed by atoms with E-state index in [2.05, 4.69) is 5.32 Å². The van der Waals surface area contributed by atoms with E-state index in [0.29, 0.717) is 5.69 Å². The molecular formula is C19H19N3O7. The van der Waals surface area contributed by atoms with Gasteiger partial charge in [-0.15, -0.1) is 0 Å². The predicted octanol–water partition coefficient (Wildman–Crippen LogP) is 1.78. The Hall–Kier alpha value is -3.95. The summed E-state index contributed by atoms with van der Waals surface area (Å²) in [5.41, 5.74) is 0.0858. The molecule has 10 nitrogen and oxygen atoms in total. The van der Waals surface area contributed by atoms with Gasteiger partial charge < -0.3 is 14.4 Å². The molecule has 0 heterocycles. The number of nitrogens with zero attached hydrogens (tertiary/aromatic N) is 2. The van der Waals surface area contributed by atoms with Crippen LogP contribution in [0.15, 0.2) is 42.5 Å². The third kappa shape index (κ3) is 5.28. The van der Waals surface area contributed by atoms with Crippen molar-refractivity contribution in [3.63, 3.8) is 0 Å². The van der Waals surface area contributed by atoms with E-state index in [1.165, 1.54) is 30.2 Å². The van der Waals surface area contributed by atoms with E-state index in [1.54, 1.807) is 32.3 Å². The number of ether oxygens (including phenoxy) is 2. The lowest BCUT2D eigenvalue weighted by atomic mass is 10.1. The highest BCUT2D eigenvalue weighted by molar-refractivity contribution is 6.07. The average Bonchev–Trinajstić information content (AvgIpc) is 2.71. The minimum Gasteiger partial charge on any atom is -0.496 e. The summed E-state index contributed by atoms with van der Waals surface area (Å²) in [5.74, 6) is -2.22. The number of rotatable bonds is 7. The first-order valence-electron chi connectivity index (χ1n) is 8.34. The smallest absolute Gasteiger partial charge is 0.338 e. The minimum atomic E-state index is -0.932. The lowest BCUT2D eigenvalue weighted by molar-refractivity contribution is -0.384. The van der Waals surface area contributed by atoms with E-state index in [1.807, 2.05) is 0 Å². The summed E-state index contributed by atoms with van der Waals surface area (Å²) in [6, 6.07) is 10.1. The van der Waals surface area contributed by atoms with Crippen molar-refractivity contribution >= 4 is 29.2 Å². The molecule has 10 heteroatoms. The molecule has 2 aromatic rings. The number of amides is 2. The second kappa shape index (κ2) is 9.31. The van der Waals surface area contributed by atoms with Crippen LogP contribution in [0.4, 0.5) is 11.4 Å². The summed E-state index contributed by atoms with van der Waals surface area (Å²) in [4.78, 5) is 48.3. The molecule has 29 heavy (non-hydrogen) atoms. The standard InChI is InChI=1S/C19H19N3O7/c1-21(2)14-9-8-12(10-15(14)22(26)27)19(25)29-11-17(23)20-18(24)13-6-4-5-7-16(13)28-3/h4-10H,11H2,1-3H3,(H,20,23,24). The van der Waals surface area contributed by atoms with Crippen molar-refractivity contribution in [3.8, 4) is 5.75 Å². The maximum absolute atomic E-state index is 12.1. The molecule has 0 spiro atoms. The Morgan fingerprint density at radius 1 is 1.14 bits per heavy atom. The van der Waals surface area contributed by atoms with Gasteiger partial charge in [0.1, 0.15) is 11.4 Å². The van der Waals surface area contributed by atoms with Gasteiger partial charge in [-0.3, -0.25) is 25.0 Å². The minimum absolute atomic E-state index is 0.0915. The number of imide groups is 1. The third-order valence-corrected chi connectivity index (χ3v) is 3.83. The van der Waals surface area contributed by atoms with Gasteiger partial charge in [0.05, 0.1) is 23.2 Å². The Labute approximate surface area is 166 Å². The van der Waals surface area contributed by atoms with Crippen molar-refractivity contribution in [1.82, 2.24) is 5.32 Å². The normalized spacial score (nSPS) is 10.0. The molecular weight excluding hydrogens is 382 g/mol. The van der Waals surface area contributed by atoms with Gasteiger partial charge in [0.25, 0.3) is 17.5 Å². The number of carbonyl (C=O) groups excluding carboxylic acids is 3. The van der Waals surface area contributed by atoms with Gasteiger partial charge in [0, 0.05) is 20.2 Å². The Bertz CT molecular complexity index is 957. The van der Waals surface area contributed by atoms with Crippen molar-refractivity contribution in [2.75, 3.05) is 32.7 Å². The van der Waals surface area contributed by atoms with Crippen molar-refractivity contribution in [1.29, 1.82) is 0 Å². The van der Waals surface area contributed by atoms with Crippen LogP contribution in [-0.4, -0.2) is 50.5 Å². The molecule has 0 aliphatic carbocycles. The summed E-state index contributed by atoms with van der Waals surface area (Å²) in [7, 11) is 4.64. The summed E-state index contributed by atoms with van der Waals surface area (Å²) >= 11 is 0. The fourth-order valence-corrected chi connectivity index (χ4v) is 2.45. The molecule has 2 aromatic carbocycles. The number of nitro benzene ring substituents is 1. The van der Waals surface area contributed by atoms with Gasteiger partial charge in [0.15, 0.2) is 6.61 Å². The number of anilines is 1. The predicted molar refractivity (Wildman–Crippen MR) is 103 cm³/mol. The molecule has 2 rings (SSSR count). The zero-order chi connectivity index (χ0) is 21.6. The first-order valence-corrected chi connectivity index (χ1v) is 8.34. The van der Waals surface area contributed by atoms with E-state index in [0.717, 1.165) is 6.07 Å². The maximum Gasteiger partial charge on any atom is 0.338 e. The zero-order valence-corrected chi connectivity index (χ0v) is 16.0. The average molecular weight is 401 g/mol. The van der Waals surface area contributed by atoms with Crippen molar-refractivity contribution < 1.29 is 28.8 Å². The topological polar surface area (TPSA) is 128 Å². The van der Waals surface area contributed by atoms with Crippen LogP contribution in [0.25, 0.3) is 0 Å². The van der Waals surface area contributed by atoms with Gasteiger partial charge in [0.2, 0.25) is 0 Å². The molecule has 0 saturated carbocycles. The second-order valence-electron chi connectivity index (χ2n) is 6.01. The number of hydrogen-bond donors (Lipinski definition) is 1. The largest absolute Gasteiger partial charge is 0.496 e. The maximum atomic E-state index is 12.1. The van der Waals surface area contributed by atoms with Crippen LogP contribution in [0.3, 0.4) is 0 Å². The molecule has 0 aromatic heterocycles. The van der Waals surface area contributed by atoms with Crippen molar-refractivity contribution in [3.05, 3.63) is 63.7 Å². The summed E-state index contributed by atoms with van der Waals surface area (Å²) in [6.07, 6.45) is 0. The number of benzene rings is 2. The van der Waals surface area contributed by atoms with E-state index >= 15 is 0 Å². The molecule has 0 saturated heterocycles. The molecule has 0 unspecified atom stereocenters. The summed E-state index contributed by atoms with van der Waals surface area (Å²) in [6.45, 7) is -0.733. The lowest BCUT2D eigenvalue weighted by Gasteiger charge is -2.13. The van der Waals surface area contributed by atoms with Gasteiger partial charge >= 0.3 is 5.97 Å². The Kier molecular flexibility index (Phi) is 6.85. The molecule has 0 atom stereocenters. The van der Waals surface area contributed by atoms with Crippen LogP contribution in [0.5, 0.6) is 5.75 Å². The summed E-state index contributed by atoms with van der Waals surface area (Å²) in [5, 5.41) is 13.3. The number of carbonyl (C=O) groups is 3. The van der Waals surface area contributed by atoms with Crippen molar-refractivity contribution in [2.24, 2.45) is 0 Å². The first kappa shape index (κ1) is 21.4. The van der Waals surface area contributed by atoms with Gasteiger partial charge in [-0.2, -0.15) is 0 Å². The SMILES string of the molecule is COc1ccccc1C(=O)NC(=O)COC(=O)c1ccc(N(C)C)c([N+](=O)[O-])c1. The van der Waals surface area contributed by atoms with E-state index in [4.69, 9.17) is 9.47 Å². The Morgan fingerprint density at radius 2 is 1.83 bits per heavy atom. The molecule has 2 amide bonds. The Balaban J connectivity index is 2.01. The van der Waals surface area contributed by atoms with E-state index in [-0.39, 0.29) is 22.6 Å². The molecule has 1 N–H and O–H groups in total. The highest BCUT2D eigenvalue weighted by Gasteiger charge is 2.21. The third-order valence-electron chi connectivity index (χ3n) is 3.83. The number of hydrogen-bond acceptors (Lipinski definition) is 8. The molecule has 0 fully saturated rings. The van der Waals surface area contributed by atoms with E-state index in [9.17, 15) is 24.5 Å². The van der Waals surface area contributed by atoms with Crippen LogP contribution in [0.1, 0.15) is 20.7 Å². The highest BCUT2D eigenvalue weighted by Crippen LogP contribution is 2.27. The van der Waals surface area contributed by atoms with Gasteiger partial charge in [-0.1, -0.05) is 12.1 Å². The lowest BCUT2D eigenvalue weighted by Crippen LogP contribution is -2.34. The molecule has 152 valence electrons. The van der Waals surface area contributed by atoms with Crippen LogP contribution in [0, 0.1) is 10.1 Å². The Morgan fingerprint density at radius 3 is 2.45 bits per heavy atom. The van der Waals surface area contributed by atoms with Crippen LogP contribution in [-0.2, 0) is 9.53 Å². The fraction of sp³-hybridized carbons (Fsp3) is 0.211. The molecule has 0 aliphatic heterocycles. The number of para-hydroxylation sites is 1. The van der Waals surface area contributed by atoms with Crippen LogP contribution >= 0.6 is 0 Å². The quantitative estimate of drug-likeness (QED) is 0.422. The fourth-order valence-electron chi connectivity index (χ4n) is 2.45. The number of methoxy groups -OCH3 is 1. The first-order chi connectivity index (χ1) is 13.7. The molecule has 0 aliphatic rings. The second-order valence-corrected chi connectivity index (χ2v) is 6.01. The number of nitrogens with one attached hydrogen (secondary N) is 1. The zero-order valence-electron chi connectivity index (χ0n) is 16.0. The van der Waals surface area contributed by atoms with Gasteiger partial charge in [-0.25, -0.2) is 4.79 Å². The molecule has 0 bridgehead atoms. The molecule has 0 radical (unpaired) electrons.